The number of nitrogens with one attached hydrogen (secondary N) is 1. The normalized spacial score (nSPS) is 12.3. The number of rotatable bonds is 4. The van der Waals surface area contributed by atoms with E-state index < -0.39 is 10.8 Å². The molecule has 0 aliphatic heterocycles. The molecule has 0 spiro atoms. The average Bonchev–Trinajstić information content (AvgIpc) is 2.53. The monoisotopic (exact) mass is 315 g/mol. The lowest BCUT2D eigenvalue weighted by Crippen LogP contribution is -2.03. The lowest BCUT2D eigenvalue weighted by atomic mass is 10.2. The first-order valence-electron chi connectivity index (χ1n) is 6.70. The Hall–Kier alpha value is -2.34. The first-order chi connectivity index (χ1) is 10.6. The molecular formula is C16H14FN3OS. The molecular weight excluding hydrogens is 301 g/mol. The van der Waals surface area contributed by atoms with Gasteiger partial charge in [-0.1, -0.05) is 12.1 Å². The summed E-state index contributed by atoms with van der Waals surface area (Å²) in [7, 11) is -0.981. The van der Waals surface area contributed by atoms with Crippen molar-refractivity contribution < 1.29 is 8.60 Å². The third kappa shape index (κ3) is 3.12. The molecule has 0 aliphatic rings. The van der Waals surface area contributed by atoms with Crippen LogP contribution in [0.5, 0.6) is 0 Å². The molecule has 1 heterocycles. The third-order valence-corrected chi connectivity index (χ3v) is 4.25. The molecule has 0 saturated heterocycles. The number of benzene rings is 2. The van der Waals surface area contributed by atoms with Crippen LogP contribution in [0.4, 0.5) is 10.2 Å². The van der Waals surface area contributed by atoms with E-state index in [4.69, 9.17) is 0 Å². The summed E-state index contributed by atoms with van der Waals surface area (Å²) < 4.78 is 24.7. The summed E-state index contributed by atoms with van der Waals surface area (Å²) in [6.07, 6.45) is 3.10. The van der Waals surface area contributed by atoms with Crippen LogP contribution in [0.1, 0.15) is 5.56 Å². The molecule has 0 saturated carbocycles. The molecule has 6 heteroatoms. The van der Waals surface area contributed by atoms with Gasteiger partial charge in [0.2, 0.25) is 0 Å². The summed E-state index contributed by atoms with van der Waals surface area (Å²) in [5.41, 5.74) is 1.72. The van der Waals surface area contributed by atoms with Crippen molar-refractivity contribution in [3.05, 3.63) is 60.2 Å². The van der Waals surface area contributed by atoms with Crippen molar-refractivity contribution >= 4 is 27.5 Å². The number of halogens is 1. The fourth-order valence-electron chi connectivity index (χ4n) is 2.15. The van der Waals surface area contributed by atoms with E-state index in [0.717, 1.165) is 10.5 Å². The summed E-state index contributed by atoms with van der Waals surface area (Å²) in [5, 5.41) is 3.83. The van der Waals surface area contributed by atoms with E-state index >= 15 is 0 Å². The molecule has 112 valence electrons. The maximum absolute atomic E-state index is 13.4. The fraction of sp³-hybridized carbons (Fsp3) is 0.125. The highest BCUT2D eigenvalue weighted by molar-refractivity contribution is 7.84. The number of hydrogen-bond donors (Lipinski definition) is 1. The Morgan fingerprint density at radius 3 is 2.64 bits per heavy atom. The second kappa shape index (κ2) is 6.19. The van der Waals surface area contributed by atoms with E-state index in [0.29, 0.717) is 23.3 Å². The molecule has 4 nitrogen and oxygen atoms in total. The topological polar surface area (TPSA) is 54.9 Å². The SMILES string of the molecule is C[S@@](=O)c1ccc(CNc2ncnc3ccc(F)cc23)cc1. The maximum atomic E-state index is 13.4. The van der Waals surface area contributed by atoms with E-state index in [1.54, 1.807) is 12.3 Å². The number of anilines is 1. The van der Waals surface area contributed by atoms with Gasteiger partial charge in [-0.2, -0.15) is 0 Å². The molecule has 0 radical (unpaired) electrons. The number of aromatic nitrogens is 2. The molecule has 1 N–H and O–H groups in total. The molecule has 3 aromatic rings. The van der Waals surface area contributed by atoms with Crippen LogP contribution in [0.3, 0.4) is 0 Å². The van der Waals surface area contributed by atoms with Crippen molar-refractivity contribution in [2.24, 2.45) is 0 Å². The smallest absolute Gasteiger partial charge is 0.137 e. The Morgan fingerprint density at radius 1 is 1.14 bits per heavy atom. The van der Waals surface area contributed by atoms with Crippen LogP contribution >= 0.6 is 0 Å². The zero-order valence-corrected chi connectivity index (χ0v) is 12.7. The third-order valence-electron chi connectivity index (χ3n) is 3.31. The zero-order chi connectivity index (χ0) is 15.5. The van der Waals surface area contributed by atoms with Crippen LogP contribution in [-0.4, -0.2) is 20.4 Å². The van der Waals surface area contributed by atoms with Crippen molar-refractivity contribution in [2.75, 3.05) is 11.6 Å². The quantitative estimate of drug-likeness (QED) is 0.804. The van der Waals surface area contributed by atoms with Crippen LogP contribution in [0.2, 0.25) is 0 Å². The molecule has 0 unspecified atom stereocenters. The minimum absolute atomic E-state index is 0.319. The van der Waals surface area contributed by atoms with Crippen LogP contribution in [0.25, 0.3) is 10.9 Å². The van der Waals surface area contributed by atoms with Gasteiger partial charge in [0.05, 0.1) is 5.52 Å². The second-order valence-electron chi connectivity index (χ2n) is 4.84. The highest BCUT2D eigenvalue weighted by atomic mass is 32.2. The Bertz CT molecular complexity index is 836. The molecule has 2 aromatic carbocycles. The van der Waals surface area contributed by atoms with E-state index in [2.05, 4.69) is 15.3 Å². The fourth-order valence-corrected chi connectivity index (χ4v) is 2.67. The zero-order valence-electron chi connectivity index (χ0n) is 11.9. The minimum atomic E-state index is -0.981. The Balaban J connectivity index is 1.81. The summed E-state index contributed by atoms with van der Waals surface area (Å²) in [6, 6.07) is 11.9. The van der Waals surface area contributed by atoms with Gasteiger partial charge in [0, 0.05) is 33.9 Å². The van der Waals surface area contributed by atoms with Gasteiger partial charge in [-0.25, -0.2) is 14.4 Å². The van der Waals surface area contributed by atoms with Crippen LogP contribution in [0, 0.1) is 5.82 Å². The molecule has 0 aliphatic carbocycles. The Labute approximate surface area is 129 Å². The van der Waals surface area contributed by atoms with Gasteiger partial charge in [0.25, 0.3) is 0 Å². The summed E-state index contributed by atoms with van der Waals surface area (Å²) in [4.78, 5) is 9.08. The highest BCUT2D eigenvalue weighted by Gasteiger charge is 2.05. The van der Waals surface area contributed by atoms with E-state index in [1.165, 1.54) is 18.5 Å². The summed E-state index contributed by atoms with van der Waals surface area (Å²) in [5.74, 6) is 0.271. The summed E-state index contributed by atoms with van der Waals surface area (Å²) in [6.45, 7) is 0.541. The first kappa shape index (κ1) is 14.6. The second-order valence-corrected chi connectivity index (χ2v) is 6.22. The van der Waals surface area contributed by atoms with Crippen molar-refractivity contribution in [3.63, 3.8) is 0 Å². The van der Waals surface area contributed by atoms with Gasteiger partial charge in [0.1, 0.15) is 18.0 Å². The summed E-state index contributed by atoms with van der Waals surface area (Å²) >= 11 is 0. The van der Waals surface area contributed by atoms with Crippen molar-refractivity contribution in [3.8, 4) is 0 Å². The van der Waals surface area contributed by atoms with Gasteiger partial charge in [-0.05, 0) is 35.9 Å². The maximum Gasteiger partial charge on any atom is 0.137 e. The van der Waals surface area contributed by atoms with E-state index in [1.807, 2.05) is 24.3 Å². The predicted molar refractivity (Wildman–Crippen MR) is 85.6 cm³/mol. The lowest BCUT2D eigenvalue weighted by molar-refractivity contribution is 0.629. The molecule has 0 bridgehead atoms. The number of nitrogens with zero attached hydrogens (tertiary/aromatic N) is 2. The van der Waals surface area contributed by atoms with Crippen molar-refractivity contribution in [1.29, 1.82) is 0 Å². The van der Waals surface area contributed by atoms with Crippen LogP contribution in [0.15, 0.2) is 53.7 Å². The van der Waals surface area contributed by atoms with E-state index in [9.17, 15) is 8.60 Å². The molecule has 1 aromatic heterocycles. The van der Waals surface area contributed by atoms with Gasteiger partial charge >= 0.3 is 0 Å². The molecule has 0 amide bonds. The minimum Gasteiger partial charge on any atom is -0.365 e. The Kier molecular flexibility index (Phi) is 4.11. The molecule has 0 fully saturated rings. The first-order valence-corrected chi connectivity index (χ1v) is 8.26. The molecule has 22 heavy (non-hydrogen) atoms. The number of fused-ring (bicyclic) bond motifs is 1. The van der Waals surface area contributed by atoms with Gasteiger partial charge in [0.15, 0.2) is 0 Å². The Morgan fingerprint density at radius 2 is 1.91 bits per heavy atom. The van der Waals surface area contributed by atoms with E-state index in [-0.39, 0.29) is 5.82 Å². The van der Waals surface area contributed by atoms with Gasteiger partial charge in [-0.15, -0.1) is 0 Å². The molecule has 1 atom stereocenters. The standard InChI is InChI=1S/C16H14FN3OS/c1-22(21)13-5-2-11(3-6-13)9-18-16-14-8-12(17)4-7-15(14)19-10-20-16/h2-8,10H,9H2,1H3,(H,18,19,20)/t22-/m1/s1. The van der Waals surface area contributed by atoms with Crippen molar-refractivity contribution in [2.45, 2.75) is 11.4 Å². The number of hydrogen-bond acceptors (Lipinski definition) is 4. The van der Waals surface area contributed by atoms with Crippen LogP contribution in [-0.2, 0) is 17.3 Å². The van der Waals surface area contributed by atoms with Gasteiger partial charge < -0.3 is 5.32 Å². The van der Waals surface area contributed by atoms with Crippen molar-refractivity contribution in [1.82, 2.24) is 9.97 Å². The lowest BCUT2D eigenvalue weighted by Gasteiger charge is -2.09. The van der Waals surface area contributed by atoms with Crippen LogP contribution < -0.4 is 5.32 Å². The largest absolute Gasteiger partial charge is 0.365 e. The highest BCUT2D eigenvalue weighted by Crippen LogP contribution is 2.20. The van der Waals surface area contributed by atoms with Gasteiger partial charge in [-0.3, -0.25) is 4.21 Å². The predicted octanol–water partition coefficient (Wildman–Crippen LogP) is 3.12. The molecule has 3 rings (SSSR count). The average molecular weight is 315 g/mol.